The molecule has 4 nitrogen and oxygen atoms in total. The van der Waals surface area contributed by atoms with Crippen molar-refractivity contribution in [1.29, 1.82) is 0 Å². The van der Waals surface area contributed by atoms with Gasteiger partial charge in [-0.15, -0.1) is 0 Å². The van der Waals surface area contributed by atoms with Gasteiger partial charge in [0.15, 0.2) is 0 Å². The van der Waals surface area contributed by atoms with Gasteiger partial charge in [0.2, 0.25) is 0 Å². The Morgan fingerprint density at radius 1 is 1.57 bits per heavy atom. The minimum atomic E-state index is -0.301. The smallest absolute Gasteiger partial charge is 0.311 e. The number of pyridine rings is 1. The summed E-state index contributed by atoms with van der Waals surface area (Å²) in [6.07, 6.45) is 0.148. The number of hydrogen-bond acceptors (Lipinski definition) is 4. The minimum absolute atomic E-state index is 0.137. The molecule has 0 spiro atoms. The molecule has 76 valence electrons. The van der Waals surface area contributed by atoms with E-state index in [0.29, 0.717) is 18.0 Å². The number of aromatic nitrogens is 1. The van der Waals surface area contributed by atoms with Gasteiger partial charge in [-0.3, -0.25) is 9.78 Å². The van der Waals surface area contributed by atoms with Gasteiger partial charge in [-0.1, -0.05) is 0 Å². The zero-order valence-electron chi connectivity index (χ0n) is 8.28. The molecule has 1 rings (SSSR count). The monoisotopic (exact) mass is 195 g/mol. The maximum absolute atomic E-state index is 11.1. The fourth-order valence-corrected chi connectivity index (χ4v) is 1.06. The van der Waals surface area contributed by atoms with Crippen LogP contribution >= 0.6 is 0 Å². The number of esters is 1. The molecule has 0 saturated heterocycles. The summed E-state index contributed by atoms with van der Waals surface area (Å²) in [4.78, 5) is 15.1. The number of ether oxygens (including phenoxy) is 1. The van der Waals surface area contributed by atoms with Crippen molar-refractivity contribution in [2.75, 3.05) is 6.61 Å². The highest BCUT2D eigenvalue weighted by Crippen LogP contribution is 2.13. The molecular formula is C10H13NO3. The lowest BCUT2D eigenvalue weighted by Crippen LogP contribution is -2.08. The van der Waals surface area contributed by atoms with Crippen molar-refractivity contribution in [3.8, 4) is 5.75 Å². The molecule has 0 radical (unpaired) electrons. The summed E-state index contributed by atoms with van der Waals surface area (Å²) in [5, 5.41) is 9.20. The van der Waals surface area contributed by atoms with E-state index in [4.69, 9.17) is 4.74 Å². The van der Waals surface area contributed by atoms with Crippen LogP contribution in [0.2, 0.25) is 0 Å². The second kappa shape index (κ2) is 4.60. The van der Waals surface area contributed by atoms with Crippen LogP contribution in [-0.2, 0) is 16.0 Å². The number of aromatic hydroxyl groups is 1. The third-order valence-electron chi connectivity index (χ3n) is 1.75. The quantitative estimate of drug-likeness (QED) is 0.736. The first-order chi connectivity index (χ1) is 6.63. The summed E-state index contributed by atoms with van der Waals surface area (Å²) in [5.41, 5.74) is 1.13. The number of rotatable bonds is 3. The van der Waals surface area contributed by atoms with Crippen LogP contribution in [0.3, 0.4) is 0 Å². The highest BCUT2D eigenvalue weighted by molar-refractivity contribution is 5.72. The van der Waals surface area contributed by atoms with Gasteiger partial charge in [-0.2, -0.15) is 0 Å². The van der Waals surface area contributed by atoms with E-state index in [1.165, 1.54) is 6.07 Å². The van der Waals surface area contributed by atoms with E-state index in [9.17, 15) is 9.90 Å². The van der Waals surface area contributed by atoms with Gasteiger partial charge in [0.25, 0.3) is 0 Å². The van der Waals surface area contributed by atoms with Crippen LogP contribution in [0, 0.1) is 6.92 Å². The average Bonchev–Trinajstić information content (AvgIpc) is 2.12. The lowest BCUT2D eigenvalue weighted by molar-refractivity contribution is -0.142. The molecule has 0 saturated carbocycles. The lowest BCUT2D eigenvalue weighted by Gasteiger charge is -2.03. The summed E-state index contributed by atoms with van der Waals surface area (Å²) in [7, 11) is 0. The predicted octanol–water partition coefficient (Wildman–Crippen LogP) is 1.20. The van der Waals surface area contributed by atoms with Crippen molar-refractivity contribution >= 4 is 5.97 Å². The van der Waals surface area contributed by atoms with Crippen LogP contribution in [0.25, 0.3) is 0 Å². The van der Waals surface area contributed by atoms with Gasteiger partial charge in [-0.05, 0) is 26.0 Å². The minimum Gasteiger partial charge on any atom is -0.506 e. The molecule has 0 aliphatic rings. The third-order valence-corrected chi connectivity index (χ3v) is 1.75. The molecule has 0 bridgehead atoms. The van der Waals surface area contributed by atoms with Gasteiger partial charge in [0.1, 0.15) is 5.75 Å². The number of hydrogen-bond donors (Lipinski definition) is 1. The van der Waals surface area contributed by atoms with E-state index in [-0.39, 0.29) is 18.1 Å². The fraction of sp³-hybridized carbons (Fsp3) is 0.400. The first-order valence-electron chi connectivity index (χ1n) is 4.44. The van der Waals surface area contributed by atoms with Crippen LogP contribution in [0.4, 0.5) is 0 Å². The Balaban J connectivity index is 2.68. The summed E-state index contributed by atoms with van der Waals surface area (Å²) in [5.74, 6) is -0.164. The summed E-state index contributed by atoms with van der Waals surface area (Å²) in [6.45, 7) is 3.81. The Morgan fingerprint density at radius 3 is 2.86 bits per heavy atom. The molecular weight excluding hydrogens is 182 g/mol. The summed E-state index contributed by atoms with van der Waals surface area (Å²) >= 11 is 0. The second-order valence-corrected chi connectivity index (χ2v) is 2.89. The van der Waals surface area contributed by atoms with Gasteiger partial charge < -0.3 is 9.84 Å². The van der Waals surface area contributed by atoms with E-state index in [1.807, 2.05) is 0 Å². The third kappa shape index (κ3) is 2.73. The van der Waals surface area contributed by atoms with Crippen LogP contribution in [-0.4, -0.2) is 22.7 Å². The first kappa shape index (κ1) is 10.5. The molecule has 0 unspecified atom stereocenters. The molecule has 0 aliphatic carbocycles. The molecule has 0 fully saturated rings. The SMILES string of the molecule is CCOC(=O)Cc1ccc(O)c(C)n1. The number of nitrogens with zero attached hydrogens (tertiary/aromatic N) is 1. The van der Waals surface area contributed by atoms with E-state index in [1.54, 1.807) is 19.9 Å². The summed E-state index contributed by atoms with van der Waals surface area (Å²) in [6, 6.07) is 3.14. The Kier molecular flexibility index (Phi) is 3.45. The maximum Gasteiger partial charge on any atom is 0.311 e. The van der Waals surface area contributed by atoms with Gasteiger partial charge in [0.05, 0.1) is 24.4 Å². The van der Waals surface area contributed by atoms with Crippen molar-refractivity contribution in [3.05, 3.63) is 23.5 Å². The molecule has 0 aliphatic heterocycles. The topological polar surface area (TPSA) is 59.4 Å². The molecule has 14 heavy (non-hydrogen) atoms. The Hall–Kier alpha value is -1.58. The molecule has 1 N–H and O–H groups in total. The highest BCUT2D eigenvalue weighted by atomic mass is 16.5. The van der Waals surface area contributed by atoms with Gasteiger partial charge in [-0.25, -0.2) is 0 Å². The van der Waals surface area contributed by atoms with Crippen molar-refractivity contribution in [2.24, 2.45) is 0 Å². The Labute approximate surface area is 82.5 Å². The van der Waals surface area contributed by atoms with Crippen LogP contribution in [0.1, 0.15) is 18.3 Å². The molecule has 0 amide bonds. The van der Waals surface area contributed by atoms with Crippen molar-refractivity contribution in [2.45, 2.75) is 20.3 Å². The molecule has 4 heteroatoms. The molecule has 1 aromatic rings. The summed E-state index contributed by atoms with van der Waals surface area (Å²) < 4.78 is 4.77. The van der Waals surface area contributed by atoms with E-state index in [0.717, 1.165) is 0 Å². The zero-order chi connectivity index (χ0) is 10.6. The molecule has 0 aromatic carbocycles. The van der Waals surface area contributed by atoms with Gasteiger partial charge >= 0.3 is 5.97 Å². The lowest BCUT2D eigenvalue weighted by atomic mass is 10.2. The van der Waals surface area contributed by atoms with E-state index >= 15 is 0 Å². The van der Waals surface area contributed by atoms with Crippen molar-refractivity contribution in [1.82, 2.24) is 4.98 Å². The van der Waals surface area contributed by atoms with Crippen molar-refractivity contribution < 1.29 is 14.6 Å². The van der Waals surface area contributed by atoms with Crippen molar-refractivity contribution in [3.63, 3.8) is 0 Å². The van der Waals surface area contributed by atoms with Gasteiger partial charge in [0, 0.05) is 0 Å². The molecule has 1 heterocycles. The Morgan fingerprint density at radius 2 is 2.29 bits per heavy atom. The van der Waals surface area contributed by atoms with Crippen LogP contribution in [0.15, 0.2) is 12.1 Å². The maximum atomic E-state index is 11.1. The predicted molar refractivity (Wildman–Crippen MR) is 51.0 cm³/mol. The van der Waals surface area contributed by atoms with Crippen LogP contribution in [0.5, 0.6) is 5.75 Å². The average molecular weight is 195 g/mol. The largest absolute Gasteiger partial charge is 0.506 e. The first-order valence-corrected chi connectivity index (χ1v) is 4.44. The molecule has 1 aromatic heterocycles. The van der Waals surface area contributed by atoms with Crippen LogP contribution < -0.4 is 0 Å². The highest BCUT2D eigenvalue weighted by Gasteiger charge is 2.06. The number of carbonyl (C=O) groups is 1. The normalized spacial score (nSPS) is 9.86. The second-order valence-electron chi connectivity index (χ2n) is 2.89. The van der Waals surface area contributed by atoms with E-state index < -0.39 is 0 Å². The number of aryl methyl sites for hydroxylation is 1. The zero-order valence-corrected chi connectivity index (χ0v) is 8.28. The van der Waals surface area contributed by atoms with E-state index in [2.05, 4.69) is 4.98 Å². The fourth-order valence-electron chi connectivity index (χ4n) is 1.06. The molecule has 0 atom stereocenters. The standard InChI is InChI=1S/C10H13NO3/c1-3-14-10(13)6-8-4-5-9(12)7(2)11-8/h4-5,12H,3,6H2,1-2H3. The number of carbonyl (C=O) groups excluding carboxylic acids is 1. The Bertz CT molecular complexity index is 336.